The van der Waals surface area contributed by atoms with Gasteiger partial charge in [0, 0.05) is 5.56 Å². The molecule has 1 aliphatic rings. The third-order valence-electron chi connectivity index (χ3n) is 5.84. The summed E-state index contributed by atoms with van der Waals surface area (Å²) in [5, 5.41) is 50.9. The Morgan fingerprint density at radius 2 is 1.58 bits per heavy atom. The molecule has 1 saturated heterocycles. The molecule has 1 aliphatic heterocycles. The Balaban J connectivity index is 1.51. The van der Waals surface area contributed by atoms with Crippen molar-refractivity contribution in [1.29, 1.82) is 0 Å². The molecule has 5 N–H and O–H groups in total. The lowest BCUT2D eigenvalue weighted by Crippen LogP contribution is -2.61. The number of benzene rings is 3. The van der Waals surface area contributed by atoms with Crippen molar-refractivity contribution in [3.63, 3.8) is 0 Å². The molecule has 0 unspecified atom stereocenters. The quantitative estimate of drug-likeness (QED) is 0.269. The van der Waals surface area contributed by atoms with Crippen molar-refractivity contribution in [2.24, 2.45) is 0 Å². The molecule has 0 saturated carbocycles. The Morgan fingerprint density at radius 1 is 0.868 bits per heavy atom. The fraction of sp³-hybridized carbons (Fsp3) is 0.259. The number of rotatable bonds is 8. The van der Waals surface area contributed by atoms with E-state index in [4.69, 9.17) is 18.9 Å². The lowest BCUT2D eigenvalue weighted by molar-refractivity contribution is -0.277. The summed E-state index contributed by atoms with van der Waals surface area (Å²) < 4.78 is 21.9. The molecule has 1 heterocycles. The predicted octanol–water partition coefficient (Wildman–Crippen LogP) is 1.50. The minimum absolute atomic E-state index is 0.0261. The summed E-state index contributed by atoms with van der Waals surface area (Å²) in [5.74, 6) is -2.06. The van der Waals surface area contributed by atoms with Gasteiger partial charge >= 0.3 is 11.9 Å². The first-order valence-corrected chi connectivity index (χ1v) is 11.6. The molecule has 11 nitrogen and oxygen atoms in total. The van der Waals surface area contributed by atoms with Crippen molar-refractivity contribution in [1.82, 2.24) is 0 Å². The Labute approximate surface area is 217 Å². The molecule has 1 fully saturated rings. The molecule has 0 spiro atoms. The van der Waals surface area contributed by atoms with Crippen LogP contribution < -0.4 is 4.74 Å². The van der Waals surface area contributed by atoms with Crippen LogP contribution in [0.5, 0.6) is 17.2 Å². The van der Waals surface area contributed by atoms with Crippen LogP contribution in [0.4, 0.5) is 0 Å². The number of aliphatic hydroxyl groups is 3. The monoisotopic (exact) mass is 526 g/mol. The van der Waals surface area contributed by atoms with Gasteiger partial charge < -0.3 is 44.5 Å². The Morgan fingerprint density at radius 3 is 2.29 bits per heavy atom. The van der Waals surface area contributed by atoms with Gasteiger partial charge in [0.1, 0.15) is 41.6 Å². The van der Waals surface area contributed by atoms with E-state index in [1.807, 2.05) is 0 Å². The smallest absolute Gasteiger partial charge is 0.342 e. The van der Waals surface area contributed by atoms with Crippen molar-refractivity contribution >= 4 is 11.9 Å². The average molecular weight is 526 g/mol. The summed E-state index contributed by atoms with van der Waals surface area (Å²) >= 11 is 0. The highest BCUT2D eigenvalue weighted by molar-refractivity contribution is 5.92. The van der Waals surface area contributed by atoms with Crippen molar-refractivity contribution in [2.75, 3.05) is 6.61 Å². The van der Waals surface area contributed by atoms with Crippen molar-refractivity contribution < 1.29 is 54.1 Å². The predicted molar refractivity (Wildman–Crippen MR) is 129 cm³/mol. The molecule has 0 aliphatic carbocycles. The van der Waals surface area contributed by atoms with Gasteiger partial charge in [-0.2, -0.15) is 0 Å². The number of aromatic hydroxyl groups is 2. The van der Waals surface area contributed by atoms with E-state index in [-0.39, 0.29) is 33.9 Å². The molecular weight excluding hydrogens is 500 g/mol. The summed E-state index contributed by atoms with van der Waals surface area (Å²) in [7, 11) is 0. The number of esters is 2. The normalized spacial score (nSPS) is 22.9. The molecule has 5 atom stereocenters. The van der Waals surface area contributed by atoms with Crippen LogP contribution in [-0.2, 0) is 20.8 Å². The van der Waals surface area contributed by atoms with Crippen LogP contribution >= 0.6 is 0 Å². The van der Waals surface area contributed by atoms with Gasteiger partial charge in [-0.3, -0.25) is 0 Å². The summed E-state index contributed by atoms with van der Waals surface area (Å²) in [6, 6.07) is 17.6. The van der Waals surface area contributed by atoms with Crippen LogP contribution in [0.15, 0.2) is 72.8 Å². The second kappa shape index (κ2) is 11.9. The van der Waals surface area contributed by atoms with Gasteiger partial charge in [-0.25, -0.2) is 9.59 Å². The number of phenolic OH excluding ortho intramolecular Hbond substituents is 2. The standard InChI is InChI=1S/C27H26O11/c28-13-21-22(31)24(38-25(33)15-6-2-1-3-7-15)23(32)27(37-21)36-20-11-10-17(29)12-16(20)14-35-26(34)18-8-4-5-9-19(18)30/h1-12,21-24,27-32H,13-14H2/t21-,22-,23-,24+,27-/m1/s1. The second-order valence-corrected chi connectivity index (χ2v) is 8.45. The van der Waals surface area contributed by atoms with Crippen LogP contribution in [0.3, 0.4) is 0 Å². The number of hydrogen-bond acceptors (Lipinski definition) is 11. The first kappa shape index (κ1) is 26.9. The first-order valence-electron chi connectivity index (χ1n) is 11.6. The number of carbonyl (C=O) groups is 2. The Hall–Kier alpha value is -4.16. The van der Waals surface area contributed by atoms with E-state index in [2.05, 4.69) is 0 Å². The lowest BCUT2D eigenvalue weighted by Gasteiger charge is -2.41. The molecule has 11 heteroatoms. The highest BCUT2D eigenvalue weighted by Gasteiger charge is 2.48. The second-order valence-electron chi connectivity index (χ2n) is 8.45. The summed E-state index contributed by atoms with van der Waals surface area (Å²) in [5.41, 5.74) is 0.293. The minimum Gasteiger partial charge on any atom is -0.508 e. The number of phenols is 2. The lowest BCUT2D eigenvalue weighted by atomic mass is 9.98. The van der Waals surface area contributed by atoms with Gasteiger partial charge in [-0.15, -0.1) is 0 Å². The topological polar surface area (TPSA) is 172 Å². The molecule has 38 heavy (non-hydrogen) atoms. The van der Waals surface area contributed by atoms with Gasteiger partial charge in [0.25, 0.3) is 0 Å². The van der Waals surface area contributed by atoms with Gasteiger partial charge in [0.2, 0.25) is 6.29 Å². The van der Waals surface area contributed by atoms with Gasteiger partial charge in [0.05, 0.1) is 12.2 Å². The fourth-order valence-electron chi connectivity index (χ4n) is 3.84. The fourth-order valence-corrected chi connectivity index (χ4v) is 3.84. The summed E-state index contributed by atoms with van der Waals surface area (Å²) in [6.45, 7) is -1.06. The number of aliphatic hydroxyl groups excluding tert-OH is 3. The third kappa shape index (κ3) is 6.03. The summed E-state index contributed by atoms with van der Waals surface area (Å²) in [4.78, 5) is 25.0. The van der Waals surface area contributed by atoms with Crippen molar-refractivity contribution in [3.8, 4) is 17.2 Å². The molecular formula is C27H26O11. The maximum Gasteiger partial charge on any atom is 0.342 e. The van der Waals surface area contributed by atoms with Crippen LogP contribution in [0.1, 0.15) is 26.3 Å². The zero-order valence-corrected chi connectivity index (χ0v) is 19.9. The van der Waals surface area contributed by atoms with Crippen LogP contribution in [0, 0.1) is 0 Å². The number of para-hydroxylation sites is 1. The van der Waals surface area contributed by atoms with Crippen molar-refractivity contribution in [2.45, 2.75) is 37.3 Å². The zero-order chi connectivity index (χ0) is 27.2. The highest BCUT2D eigenvalue weighted by Crippen LogP contribution is 2.31. The zero-order valence-electron chi connectivity index (χ0n) is 19.9. The maximum atomic E-state index is 12.6. The largest absolute Gasteiger partial charge is 0.508 e. The average Bonchev–Trinajstić information content (AvgIpc) is 2.92. The third-order valence-corrected chi connectivity index (χ3v) is 5.84. The summed E-state index contributed by atoms with van der Waals surface area (Å²) in [6.07, 6.45) is -7.57. The van der Waals surface area contributed by atoms with E-state index in [0.29, 0.717) is 0 Å². The van der Waals surface area contributed by atoms with E-state index in [0.717, 1.165) is 0 Å². The van der Waals surface area contributed by atoms with E-state index in [1.165, 1.54) is 42.5 Å². The van der Waals surface area contributed by atoms with E-state index in [9.17, 15) is 35.1 Å². The Kier molecular flexibility index (Phi) is 8.44. The SMILES string of the molecule is O=C(O[C@@H]1[C@@H](O)[C@H](Oc2ccc(O)cc2COC(=O)c2ccccc2O)O[C@H](CO)[C@H]1O)c1ccccc1. The number of ether oxygens (including phenoxy) is 4. The molecule has 0 radical (unpaired) electrons. The number of carbonyl (C=O) groups excluding carboxylic acids is 2. The van der Waals surface area contributed by atoms with Crippen LogP contribution in [-0.4, -0.2) is 74.8 Å². The molecule has 3 aromatic rings. The van der Waals surface area contributed by atoms with E-state index in [1.54, 1.807) is 30.3 Å². The molecule has 0 bridgehead atoms. The molecule has 0 aromatic heterocycles. The minimum atomic E-state index is -1.69. The van der Waals surface area contributed by atoms with Crippen molar-refractivity contribution in [3.05, 3.63) is 89.5 Å². The van der Waals surface area contributed by atoms with E-state index < -0.39 is 55.9 Å². The number of hydrogen-bond donors (Lipinski definition) is 5. The Bertz CT molecular complexity index is 1260. The van der Waals surface area contributed by atoms with Gasteiger partial charge in [-0.05, 0) is 42.5 Å². The van der Waals surface area contributed by atoms with E-state index >= 15 is 0 Å². The molecule has 3 aromatic carbocycles. The van der Waals surface area contributed by atoms with Gasteiger partial charge in [-0.1, -0.05) is 30.3 Å². The van der Waals surface area contributed by atoms with Crippen LogP contribution in [0.2, 0.25) is 0 Å². The van der Waals surface area contributed by atoms with Gasteiger partial charge in [0.15, 0.2) is 12.2 Å². The molecule has 4 rings (SSSR count). The maximum absolute atomic E-state index is 12.6. The molecule has 200 valence electrons. The first-order chi connectivity index (χ1) is 18.3. The van der Waals surface area contributed by atoms with Crippen LogP contribution in [0.25, 0.3) is 0 Å². The highest BCUT2D eigenvalue weighted by atomic mass is 16.7. The molecule has 0 amide bonds.